The van der Waals surface area contributed by atoms with Crippen LogP contribution in [-0.2, 0) is 17.8 Å². The molecule has 2 aliphatic rings. The number of carbonyl (C=O) groups is 1. The number of aromatic nitrogens is 2. The topological polar surface area (TPSA) is 52.6 Å². The number of carbonyl (C=O) groups excluding carboxylic acids is 1. The average Bonchev–Trinajstić information content (AvgIpc) is 2.89. The summed E-state index contributed by atoms with van der Waals surface area (Å²) in [6.07, 6.45) is 0.886. The lowest BCUT2D eigenvalue weighted by molar-refractivity contribution is -0.131. The molecule has 0 saturated carbocycles. The first-order valence-electron chi connectivity index (χ1n) is 14.0. The van der Waals surface area contributed by atoms with Crippen molar-refractivity contribution in [2.75, 3.05) is 36.0 Å². The SMILES string of the molecule is CC(=O)N1CCN(c2nc(-c3cc(C)ccc3C)nc3c2CN(c2cc(C(C)C)ccc2C)CC3)CC1C. The van der Waals surface area contributed by atoms with Gasteiger partial charge in [-0.2, -0.15) is 0 Å². The summed E-state index contributed by atoms with van der Waals surface area (Å²) in [4.78, 5) is 29.5. The molecule has 1 atom stereocenters. The summed E-state index contributed by atoms with van der Waals surface area (Å²) in [6.45, 7) is 18.8. The minimum absolute atomic E-state index is 0.140. The number of hydrogen-bond donors (Lipinski definition) is 0. The van der Waals surface area contributed by atoms with E-state index in [9.17, 15) is 4.79 Å². The number of rotatable bonds is 4. The third kappa shape index (κ3) is 5.01. The summed E-state index contributed by atoms with van der Waals surface area (Å²) in [5, 5.41) is 0. The second-order valence-corrected chi connectivity index (χ2v) is 11.5. The maximum absolute atomic E-state index is 12.2. The Hall–Kier alpha value is -3.41. The summed E-state index contributed by atoms with van der Waals surface area (Å²) in [5.74, 6) is 2.48. The van der Waals surface area contributed by atoms with Crippen LogP contribution in [0.1, 0.15) is 67.1 Å². The number of benzene rings is 2. The molecule has 1 unspecified atom stereocenters. The van der Waals surface area contributed by atoms with Gasteiger partial charge in [-0.25, -0.2) is 9.97 Å². The Morgan fingerprint density at radius 3 is 2.42 bits per heavy atom. The lowest BCUT2D eigenvalue weighted by atomic mass is 9.98. The molecular formula is C32H41N5O. The van der Waals surface area contributed by atoms with Crippen molar-refractivity contribution in [1.82, 2.24) is 14.9 Å². The Balaban J connectivity index is 1.58. The number of anilines is 2. The smallest absolute Gasteiger partial charge is 0.219 e. The fourth-order valence-corrected chi connectivity index (χ4v) is 5.91. The second-order valence-electron chi connectivity index (χ2n) is 11.5. The molecule has 6 heteroatoms. The molecule has 0 radical (unpaired) electrons. The average molecular weight is 512 g/mol. The summed E-state index contributed by atoms with van der Waals surface area (Å²) in [6, 6.07) is 13.5. The van der Waals surface area contributed by atoms with Crippen molar-refractivity contribution in [3.63, 3.8) is 0 Å². The number of nitrogens with zero attached hydrogens (tertiary/aromatic N) is 5. The van der Waals surface area contributed by atoms with Gasteiger partial charge in [0, 0.05) is 68.9 Å². The Morgan fingerprint density at radius 2 is 1.71 bits per heavy atom. The van der Waals surface area contributed by atoms with Crippen molar-refractivity contribution in [2.24, 2.45) is 0 Å². The van der Waals surface area contributed by atoms with Gasteiger partial charge in [0.15, 0.2) is 5.82 Å². The standard InChI is InChI=1S/C32H41N5O/c1-20(2)26-11-10-23(5)30(17-26)35-13-12-29-28(19-35)32(36-14-15-37(25(7)38)24(6)18-36)34-31(33-29)27-16-21(3)8-9-22(27)4/h8-11,16-17,20,24H,12-15,18-19H2,1-7H3. The zero-order valence-electron chi connectivity index (χ0n) is 24.0. The molecule has 200 valence electrons. The minimum atomic E-state index is 0.140. The predicted octanol–water partition coefficient (Wildman–Crippen LogP) is 5.81. The lowest BCUT2D eigenvalue weighted by Crippen LogP contribution is -2.54. The van der Waals surface area contributed by atoms with Crippen molar-refractivity contribution in [1.29, 1.82) is 0 Å². The number of hydrogen-bond acceptors (Lipinski definition) is 5. The molecule has 1 fully saturated rings. The largest absolute Gasteiger partial charge is 0.366 e. The first-order valence-corrected chi connectivity index (χ1v) is 14.0. The van der Waals surface area contributed by atoms with Crippen molar-refractivity contribution >= 4 is 17.4 Å². The number of aryl methyl sites for hydroxylation is 3. The number of amides is 1. The molecule has 2 aliphatic heterocycles. The molecule has 0 bridgehead atoms. The Morgan fingerprint density at radius 1 is 0.947 bits per heavy atom. The van der Waals surface area contributed by atoms with E-state index >= 15 is 0 Å². The predicted molar refractivity (Wildman–Crippen MR) is 156 cm³/mol. The van der Waals surface area contributed by atoms with Gasteiger partial charge in [-0.05, 0) is 62.4 Å². The van der Waals surface area contributed by atoms with Crippen LogP contribution in [0.5, 0.6) is 0 Å². The third-order valence-electron chi connectivity index (χ3n) is 8.24. The highest BCUT2D eigenvalue weighted by Gasteiger charge is 2.31. The highest BCUT2D eigenvalue weighted by atomic mass is 16.2. The van der Waals surface area contributed by atoms with Crippen LogP contribution in [0.4, 0.5) is 11.5 Å². The molecule has 0 spiro atoms. The zero-order valence-corrected chi connectivity index (χ0v) is 24.0. The van der Waals surface area contributed by atoms with E-state index in [1.807, 2.05) is 4.90 Å². The molecule has 1 aromatic heterocycles. The molecule has 1 amide bonds. The van der Waals surface area contributed by atoms with Crippen molar-refractivity contribution in [3.05, 3.63) is 69.9 Å². The zero-order chi connectivity index (χ0) is 27.1. The van der Waals surface area contributed by atoms with Gasteiger partial charge in [-0.1, -0.05) is 43.7 Å². The summed E-state index contributed by atoms with van der Waals surface area (Å²) in [5.41, 5.74) is 9.86. The number of fused-ring (bicyclic) bond motifs is 1. The third-order valence-corrected chi connectivity index (χ3v) is 8.24. The molecule has 5 rings (SSSR count). The number of piperazine rings is 1. The maximum atomic E-state index is 12.2. The van der Waals surface area contributed by atoms with Gasteiger partial charge in [0.25, 0.3) is 0 Å². The van der Waals surface area contributed by atoms with Crippen molar-refractivity contribution in [3.8, 4) is 11.4 Å². The van der Waals surface area contributed by atoms with E-state index < -0.39 is 0 Å². The quantitative estimate of drug-likeness (QED) is 0.442. The van der Waals surface area contributed by atoms with E-state index in [4.69, 9.17) is 9.97 Å². The fourth-order valence-electron chi connectivity index (χ4n) is 5.91. The van der Waals surface area contributed by atoms with Crippen molar-refractivity contribution in [2.45, 2.75) is 73.4 Å². The van der Waals surface area contributed by atoms with E-state index in [1.54, 1.807) is 6.92 Å². The van der Waals surface area contributed by atoms with E-state index in [0.29, 0.717) is 12.5 Å². The summed E-state index contributed by atoms with van der Waals surface area (Å²) >= 11 is 0. The van der Waals surface area contributed by atoms with E-state index in [-0.39, 0.29) is 11.9 Å². The van der Waals surface area contributed by atoms with Crippen LogP contribution < -0.4 is 9.80 Å². The molecule has 2 aromatic carbocycles. The molecule has 38 heavy (non-hydrogen) atoms. The molecule has 6 nitrogen and oxygen atoms in total. The van der Waals surface area contributed by atoms with Crippen LogP contribution in [0, 0.1) is 20.8 Å². The van der Waals surface area contributed by atoms with Crippen LogP contribution in [0.15, 0.2) is 36.4 Å². The van der Waals surface area contributed by atoms with Crippen LogP contribution in [0.2, 0.25) is 0 Å². The Kier molecular flexibility index (Phi) is 7.17. The van der Waals surface area contributed by atoms with Gasteiger partial charge in [0.2, 0.25) is 5.91 Å². The Labute approximate surface area is 227 Å². The highest BCUT2D eigenvalue weighted by molar-refractivity contribution is 5.74. The Bertz CT molecular complexity index is 1360. The van der Waals surface area contributed by atoms with Crippen molar-refractivity contribution < 1.29 is 4.79 Å². The molecule has 3 aromatic rings. The fraction of sp³-hybridized carbons (Fsp3) is 0.469. The molecular weight excluding hydrogens is 470 g/mol. The lowest BCUT2D eigenvalue weighted by Gasteiger charge is -2.42. The van der Waals surface area contributed by atoms with Gasteiger partial charge in [-0.15, -0.1) is 0 Å². The van der Waals surface area contributed by atoms with Crippen LogP contribution in [0.3, 0.4) is 0 Å². The molecule has 0 N–H and O–H groups in total. The first-order chi connectivity index (χ1) is 18.1. The van der Waals surface area contributed by atoms with Gasteiger partial charge in [0.05, 0.1) is 5.69 Å². The molecule has 0 aliphatic carbocycles. The summed E-state index contributed by atoms with van der Waals surface area (Å²) < 4.78 is 0. The minimum Gasteiger partial charge on any atom is -0.366 e. The molecule has 1 saturated heterocycles. The summed E-state index contributed by atoms with van der Waals surface area (Å²) in [7, 11) is 0. The normalized spacial score (nSPS) is 17.7. The van der Waals surface area contributed by atoms with Gasteiger partial charge >= 0.3 is 0 Å². The van der Waals surface area contributed by atoms with E-state index in [0.717, 1.165) is 55.5 Å². The van der Waals surface area contributed by atoms with Crippen LogP contribution in [0.25, 0.3) is 11.4 Å². The van der Waals surface area contributed by atoms with Crippen LogP contribution in [-0.4, -0.2) is 53.0 Å². The maximum Gasteiger partial charge on any atom is 0.219 e. The second kappa shape index (κ2) is 10.4. The first kappa shape index (κ1) is 26.2. The molecule has 3 heterocycles. The van der Waals surface area contributed by atoms with Crippen LogP contribution >= 0.6 is 0 Å². The monoisotopic (exact) mass is 511 g/mol. The van der Waals surface area contributed by atoms with Gasteiger partial charge < -0.3 is 14.7 Å². The van der Waals surface area contributed by atoms with E-state index in [2.05, 4.69) is 87.7 Å². The van der Waals surface area contributed by atoms with Gasteiger partial charge in [0.1, 0.15) is 5.82 Å². The van der Waals surface area contributed by atoms with E-state index in [1.165, 1.54) is 33.5 Å². The highest BCUT2D eigenvalue weighted by Crippen LogP contribution is 2.35. The van der Waals surface area contributed by atoms with Gasteiger partial charge in [-0.3, -0.25) is 4.79 Å².